The summed E-state index contributed by atoms with van der Waals surface area (Å²) in [5, 5.41) is 18.0. The van der Waals surface area contributed by atoms with Crippen molar-refractivity contribution in [1.29, 1.82) is 0 Å². The Morgan fingerprint density at radius 3 is 1.38 bits per heavy atom. The maximum Gasteiger partial charge on any atom is 0.0558 e. The van der Waals surface area contributed by atoms with E-state index in [2.05, 4.69) is 31.4 Å². The zero-order chi connectivity index (χ0) is 17.0. The Labute approximate surface area is 156 Å². The molecule has 0 aromatic heterocycles. The van der Waals surface area contributed by atoms with Crippen LogP contribution in [0.4, 0.5) is 0 Å². The van der Waals surface area contributed by atoms with Crippen LogP contribution in [0, 0.1) is 11.8 Å². The molecule has 0 saturated carbocycles. The lowest BCUT2D eigenvalue weighted by molar-refractivity contribution is 0.146. The fraction of sp³-hybridized carbons (Fsp3) is 1.00. The summed E-state index contributed by atoms with van der Waals surface area (Å²) in [6, 6.07) is 0. The predicted molar refractivity (Wildman–Crippen MR) is 107 cm³/mol. The largest absolute Gasteiger partial charge is 0.395 e. The van der Waals surface area contributed by atoms with Crippen molar-refractivity contribution < 1.29 is 10.2 Å². The lowest BCUT2D eigenvalue weighted by Crippen LogP contribution is -2.35. The highest BCUT2D eigenvalue weighted by Crippen LogP contribution is 2.30. The number of aliphatic hydroxyl groups is 2. The van der Waals surface area contributed by atoms with E-state index >= 15 is 0 Å². The quantitative estimate of drug-likeness (QED) is 0.427. The number of likely N-dealkylation sites (tertiary alicyclic amines) is 2. The SMILES string of the molecule is OCCN1CCC(CCSSCCC2CCN(CCO)CC2)CC1. The summed E-state index contributed by atoms with van der Waals surface area (Å²) < 4.78 is 0. The van der Waals surface area contributed by atoms with Crippen LogP contribution in [0.1, 0.15) is 38.5 Å². The summed E-state index contributed by atoms with van der Waals surface area (Å²) in [6.07, 6.45) is 8.00. The molecule has 142 valence electrons. The third-order valence-corrected chi connectivity index (χ3v) is 8.02. The minimum absolute atomic E-state index is 0.303. The molecule has 0 aromatic rings. The molecule has 0 atom stereocenters. The Hall–Kier alpha value is 0.540. The third kappa shape index (κ3) is 8.28. The lowest BCUT2D eigenvalue weighted by Gasteiger charge is -2.31. The Bertz CT molecular complexity index is 277. The number of hydrogen-bond donors (Lipinski definition) is 2. The summed E-state index contributed by atoms with van der Waals surface area (Å²) in [5.41, 5.74) is 0. The zero-order valence-corrected chi connectivity index (χ0v) is 16.7. The normalized spacial score (nSPS) is 22.2. The molecule has 0 aromatic carbocycles. The molecule has 4 nitrogen and oxygen atoms in total. The summed E-state index contributed by atoms with van der Waals surface area (Å²) >= 11 is 0. The number of nitrogens with zero attached hydrogens (tertiary/aromatic N) is 2. The second-order valence-electron chi connectivity index (χ2n) is 7.24. The maximum absolute atomic E-state index is 8.98. The van der Waals surface area contributed by atoms with E-state index in [0.29, 0.717) is 13.2 Å². The standard InChI is InChI=1S/C18H36N2O2S2/c21-13-11-19-7-1-17(2-8-19)5-15-23-24-16-6-18-3-9-20(10-4-18)12-14-22/h17-18,21-22H,1-16H2. The van der Waals surface area contributed by atoms with Gasteiger partial charge in [-0.05, 0) is 76.5 Å². The van der Waals surface area contributed by atoms with Crippen LogP contribution in [-0.4, -0.2) is 84.0 Å². The second kappa shape index (κ2) is 12.8. The molecule has 24 heavy (non-hydrogen) atoms. The monoisotopic (exact) mass is 376 g/mol. The van der Waals surface area contributed by atoms with Crippen molar-refractivity contribution in [3.63, 3.8) is 0 Å². The minimum atomic E-state index is 0.303. The van der Waals surface area contributed by atoms with Crippen LogP contribution >= 0.6 is 21.6 Å². The van der Waals surface area contributed by atoms with Gasteiger partial charge in [0.05, 0.1) is 13.2 Å². The van der Waals surface area contributed by atoms with Gasteiger partial charge in [-0.3, -0.25) is 0 Å². The first-order valence-electron chi connectivity index (χ1n) is 9.72. The van der Waals surface area contributed by atoms with Crippen LogP contribution in [0.3, 0.4) is 0 Å². The number of rotatable bonds is 11. The summed E-state index contributed by atoms with van der Waals surface area (Å²) in [6.45, 7) is 7.04. The highest BCUT2D eigenvalue weighted by molar-refractivity contribution is 8.76. The van der Waals surface area contributed by atoms with Gasteiger partial charge in [-0.25, -0.2) is 0 Å². The van der Waals surface area contributed by atoms with E-state index in [1.165, 1.54) is 76.2 Å². The van der Waals surface area contributed by atoms with Crippen LogP contribution in [0.2, 0.25) is 0 Å². The average molecular weight is 377 g/mol. The molecule has 0 amide bonds. The van der Waals surface area contributed by atoms with Crippen molar-refractivity contribution in [2.75, 3.05) is 64.0 Å². The minimum Gasteiger partial charge on any atom is -0.395 e. The van der Waals surface area contributed by atoms with Gasteiger partial charge in [0.25, 0.3) is 0 Å². The van der Waals surface area contributed by atoms with E-state index in [0.717, 1.165) is 24.9 Å². The molecule has 2 aliphatic heterocycles. The zero-order valence-electron chi connectivity index (χ0n) is 15.1. The first-order valence-corrected chi connectivity index (χ1v) is 12.2. The Morgan fingerprint density at radius 1 is 0.667 bits per heavy atom. The molecule has 0 bridgehead atoms. The second-order valence-corrected chi connectivity index (χ2v) is 9.94. The van der Waals surface area contributed by atoms with Crippen molar-refractivity contribution in [2.24, 2.45) is 11.8 Å². The first kappa shape index (κ1) is 20.8. The molecular weight excluding hydrogens is 340 g/mol. The van der Waals surface area contributed by atoms with Crippen molar-refractivity contribution in [3.05, 3.63) is 0 Å². The molecule has 2 aliphatic rings. The summed E-state index contributed by atoms with van der Waals surface area (Å²) in [5.74, 6) is 4.40. The van der Waals surface area contributed by atoms with Gasteiger partial charge >= 0.3 is 0 Å². The lowest BCUT2D eigenvalue weighted by atomic mass is 9.94. The Kier molecular flexibility index (Phi) is 11.1. The first-order chi connectivity index (χ1) is 11.8. The smallest absolute Gasteiger partial charge is 0.0558 e. The van der Waals surface area contributed by atoms with Crippen LogP contribution in [0.15, 0.2) is 0 Å². The van der Waals surface area contributed by atoms with Gasteiger partial charge in [-0.1, -0.05) is 21.6 Å². The number of piperidine rings is 2. The van der Waals surface area contributed by atoms with Crippen molar-refractivity contribution in [1.82, 2.24) is 9.80 Å². The maximum atomic E-state index is 8.98. The van der Waals surface area contributed by atoms with Gasteiger partial charge in [0.15, 0.2) is 0 Å². The molecule has 2 N–H and O–H groups in total. The van der Waals surface area contributed by atoms with Crippen LogP contribution < -0.4 is 0 Å². The molecule has 2 rings (SSSR count). The fourth-order valence-corrected chi connectivity index (χ4v) is 6.21. The molecule has 2 heterocycles. The summed E-state index contributed by atoms with van der Waals surface area (Å²) in [7, 11) is 4.15. The highest BCUT2D eigenvalue weighted by atomic mass is 33.1. The molecule has 0 spiro atoms. The molecule has 0 aliphatic carbocycles. The Balaban J connectivity index is 1.40. The summed E-state index contributed by atoms with van der Waals surface area (Å²) in [4.78, 5) is 4.79. The van der Waals surface area contributed by atoms with E-state index in [9.17, 15) is 0 Å². The van der Waals surface area contributed by atoms with E-state index in [4.69, 9.17) is 10.2 Å². The van der Waals surface area contributed by atoms with Crippen molar-refractivity contribution in [2.45, 2.75) is 38.5 Å². The van der Waals surface area contributed by atoms with E-state index < -0.39 is 0 Å². The predicted octanol–water partition coefficient (Wildman–Crippen LogP) is 2.56. The number of aliphatic hydroxyl groups excluding tert-OH is 2. The molecular formula is C18H36N2O2S2. The molecule has 2 fully saturated rings. The van der Waals surface area contributed by atoms with Crippen LogP contribution in [0.5, 0.6) is 0 Å². The number of β-amino-alcohol motifs (C(OH)–C–C–N with tert-alkyl or cyclic N) is 2. The van der Waals surface area contributed by atoms with E-state index in [-0.39, 0.29) is 0 Å². The third-order valence-electron chi connectivity index (χ3n) is 5.55. The molecule has 0 radical (unpaired) electrons. The van der Waals surface area contributed by atoms with Crippen LogP contribution in [0.25, 0.3) is 0 Å². The van der Waals surface area contributed by atoms with Gasteiger partial charge in [0.2, 0.25) is 0 Å². The molecule has 2 saturated heterocycles. The topological polar surface area (TPSA) is 46.9 Å². The van der Waals surface area contributed by atoms with Gasteiger partial charge in [0, 0.05) is 24.6 Å². The van der Waals surface area contributed by atoms with Gasteiger partial charge in [0.1, 0.15) is 0 Å². The van der Waals surface area contributed by atoms with Crippen LogP contribution in [-0.2, 0) is 0 Å². The van der Waals surface area contributed by atoms with Gasteiger partial charge in [-0.15, -0.1) is 0 Å². The van der Waals surface area contributed by atoms with Gasteiger partial charge in [-0.2, -0.15) is 0 Å². The molecule has 6 heteroatoms. The Morgan fingerprint density at radius 2 is 1.04 bits per heavy atom. The van der Waals surface area contributed by atoms with E-state index in [1.807, 2.05) is 0 Å². The molecule has 0 unspecified atom stereocenters. The van der Waals surface area contributed by atoms with Gasteiger partial charge < -0.3 is 20.0 Å². The number of hydrogen-bond acceptors (Lipinski definition) is 6. The van der Waals surface area contributed by atoms with E-state index in [1.54, 1.807) is 0 Å². The fourth-order valence-electron chi connectivity index (χ4n) is 3.83. The average Bonchev–Trinajstić information content (AvgIpc) is 2.61. The highest BCUT2D eigenvalue weighted by Gasteiger charge is 2.19. The van der Waals surface area contributed by atoms with Crippen molar-refractivity contribution in [3.8, 4) is 0 Å². The van der Waals surface area contributed by atoms with Crippen molar-refractivity contribution >= 4 is 21.6 Å².